The molecule has 114 valence electrons. The second-order valence-corrected chi connectivity index (χ2v) is 8.66. The summed E-state index contributed by atoms with van der Waals surface area (Å²) in [6, 6.07) is 10.8. The first-order valence-electron chi connectivity index (χ1n) is 7.61. The van der Waals surface area contributed by atoms with Crippen LogP contribution in [0.3, 0.4) is 0 Å². The van der Waals surface area contributed by atoms with E-state index in [4.69, 9.17) is 12.2 Å². The van der Waals surface area contributed by atoms with Crippen molar-refractivity contribution >= 4 is 40.1 Å². The van der Waals surface area contributed by atoms with Gasteiger partial charge < -0.3 is 4.90 Å². The third-order valence-electron chi connectivity index (χ3n) is 4.01. The van der Waals surface area contributed by atoms with Crippen molar-refractivity contribution < 1.29 is 0 Å². The van der Waals surface area contributed by atoms with Crippen molar-refractivity contribution in [3.63, 3.8) is 0 Å². The number of hydrogen-bond donors (Lipinski definition) is 0. The Hall–Kier alpha value is -0.230. The molecule has 0 spiro atoms. The van der Waals surface area contributed by atoms with Crippen molar-refractivity contribution in [3.05, 3.63) is 35.9 Å². The van der Waals surface area contributed by atoms with Crippen LogP contribution in [0.4, 0.5) is 0 Å². The predicted octanol–water partition coefficient (Wildman–Crippen LogP) is 3.68. The van der Waals surface area contributed by atoms with Gasteiger partial charge in [0.05, 0.1) is 12.5 Å². The van der Waals surface area contributed by atoms with E-state index < -0.39 is 0 Å². The molecule has 2 aliphatic rings. The molecule has 21 heavy (non-hydrogen) atoms. The van der Waals surface area contributed by atoms with Crippen LogP contribution < -0.4 is 0 Å². The molecular weight excluding hydrogens is 316 g/mol. The van der Waals surface area contributed by atoms with Gasteiger partial charge in [-0.05, 0) is 30.6 Å². The van der Waals surface area contributed by atoms with Crippen LogP contribution in [0.5, 0.6) is 0 Å². The van der Waals surface area contributed by atoms with Gasteiger partial charge in [-0.3, -0.25) is 4.90 Å². The van der Waals surface area contributed by atoms with E-state index in [2.05, 4.69) is 51.9 Å². The fourth-order valence-electron chi connectivity index (χ4n) is 2.81. The minimum Gasteiger partial charge on any atom is -0.343 e. The first-order chi connectivity index (χ1) is 10.3. The normalized spacial score (nSPS) is 23.7. The summed E-state index contributed by atoms with van der Waals surface area (Å²) in [5.74, 6) is 2.37. The van der Waals surface area contributed by atoms with Crippen LogP contribution in [0, 0.1) is 0 Å². The summed E-state index contributed by atoms with van der Waals surface area (Å²) in [5, 5.41) is 0.789. The summed E-state index contributed by atoms with van der Waals surface area (Å²) >= 11 is 9.49. The Morgan fingerprint density at radius 1 is 1.24 bits per heavy atom. The molecule has 0 amide bonds. The molecule has 0 N–H and O–H groups in total. The molecule has 0 radical (unpaired) electrons. The molecule has 2 aliphatic heterocycles. The van der Waals surface area contributed by atoms with Crippen LogP contribution in [-0.4, -0.2) is 50.8 Å². The van der Waals surface area contributed by atoms with Crippen LogP contribution in [0.2, 0.25) is 0 Å². The molecule has 2 heterocycles. The van der Waals surface area contributed by atoms with Gasteiger partial charge in [-0.15, -0.1) is 0 Å². The highest BCUT2D eigenvalue weighted by Gasteiger charge is 2.25. The van der Waals surface area contributed by atoms with E-state index >= 15 is 0 Å². The van der Waals surface area contributed by atoms with E-state index in [1.54, 1.807) is 0 Å². The molecule has 0 aliphatic carbocycles. The second-order valence-electron chi connectivity index (χ2n) is 5.67. The Bertz CT molecular complexity index is 460. The van der Waals surface area contributed by atoms with Crippen LogP contribution in [0.25, 0.3) is 0 Å². The van der Waals surface area contributed by atoms with Gasteiger partial charge in [0.1, 0.15) is 4.32 Å². The second kappa shape index (κ2) is 7.86. The fraction of sp³-hybridized carbons (Fsp3) is 0.562. The Balaban J connectivity index is 1.49. The lowest BCUT2D eigenvalue weighted by Crippen LogP contribution is -2.47. The van der Waals surface area contributed by atoms with E-state index in [-0.39, 0.29) is 0 Å². The van der Waals surface area contributed by atoms with E-state index in [0.717, 1.165) is 41.6 Å². The fourth-order valence-corrected chi connectivity index (χ4v) is 5.21. The van der Waals surface area contributed by atoms with Gasteiger partial charge >= 0.3 is 0 Å². The zero-order valence-electron chi connectivity index (χ0n) is 12.2. The van der Waals surface area contributed by atoms with Crippen molar-refractivity contribution in [1.29, 1.82) is 0 Å². The van der Waals surface area contributed by atoms with Crippen molar-refractivity contribution in [3.8, 4) is 0 Å². The van der Waals surface area contributed by atoms with Crippen molar-refractivity contribution in [1.82, 2.24) is 9.80 Å². The molecular formula is C16H22N2S3. The van der Waals surface area contributed by atoms with Crippen LogP contribution in [-0.2, 0) is 6.42 Å². The zero-order valence-corrected chi connectivity index (χ0v) is 14.7. The minimum atomic E-state index is 0.789. The van der Waals surface area contributed by atoms with Gasteiger partial charge in [0.25, 0.3) is 0 Å². The van der Waals surface area contributed by atoms with Crippen LogP contribution in [0.1, 0.15) is 18.4 Å². The Labute approximate surface area is 141 Å². The van der Waals surface area contributed by atoms with E-state index in [1.165, 1.54) is 24.2 Å². The van der Waals surface area contributed by atoms with Crippen LogP contribution >= 0.6 is 35.7 Å². The van der Waals surface area contributed by atoms with Gasteiger partial charge in [0.2, 0.25) is 0 Å². The predicted molar refractivity (Wildman–Crippen MR) is 99.0 cm³/mol. The number of hydrogen-bond acceptors (Lipinski definition) is 4. The number of thiocarbonyl (C=S) groups is 1. The molecule has 0 bridgehead atoms. The van der Waals surface area contributed by atoms with Crippen molar-refractivity contribution in [2.45, 2.75) is 24.5 Å². The van der Waals surface area contributed by atoms with Gasteiger partial charge in [0, 0.05) is 18.3 Å². The molecule has 1 unspecified atom stereocenters. The highest BCUT2D eigenvalue weighted by molar-refractivity contribution is 8.22. The quantitative estimate of drug-likeness (QED) is 0.753. The summed E-state index contributed by atoms with van der Waals surface area (Å²) in [6.45, 7) is 3.27. The molecule has 2 saturated heterocycles. The topological polar surface area (TPSA) is 6.48 Å². The molecule has 5 heteroatoms. The Morgan fingerprint density at radius 3 is 2.86 bits per heavy atom. The molecule has 0 saturated carbocycles. The maximum atomic E-state index is 5.55. The lowest BCUT2D eigenvalue weighted by atomic mass is 10.1. The lowest BCUT2D eigenvalue weighted by Gasteiger charge is -2.37. The molecule has 1 aromatic rings. The average molecular weight is 339 g/mol. The molecule has 1 aromatic carbocycles. The van der Waals surface area contributed by atoms with Crippen LogP contribution in [0.15, 0.2) is 30.3 Å². The lowest BCUT2D eigenvalue weighted by molar-refractivity contribution is 0.214. The summed E-state index contributed by atoms with van der Waals surface area (Å²) in [5.41, 5.74) is 1.42. The monoisotopic (exact) mass is 338 g/mol. The van der Waals surface area contributed by atoms with Crippen molar-refractivity contribution in [2.75, 3.05) is 31.4 Å². The number of nitrogens with zero attached hydrogens (tertiary/aromatic N) is 2. The smallest absolute Gasteiger partial charge is 0.138 e. The third-order valence-corrected chi connectivity index (χ3v) is 7.00. The molecule has 0 aromatic heterocycles. The maximum Gasteiger partial charge on any atom is 0.138 e. The SMILES string of the molecule is S=C1SCN(CCc2ccccc2)CN1CC1CCCS1. The Kier molecular flexibility index (Phi) is 5.86. The number of rotatable bonds is 5. The maximum absolute atomic E-state index is 5.55. The molecule has 1 atom stereocenters. The first kappa shape index (κ1) is 15.7. The summed E-state index contributed by atoms with van der Waals surface area (Å²) in [6.07, 6.45) is 3.86. The Morgan fingerprint density at radius 2 is 2.10 bits per heavy atom. The summed E-state index contributed by atoms with van der Waals surface area (Å²) < 4.78 is 1.10. The third kappa shape index (κ3) is 4.62. The standard InChI is InChI=1S/C16H22N2S3/c19-16-18(11-15-7-4-10-20-15)12-17(13-21-16)9-8-14-5-2-1-3-6-14/h1-3,5-6,15H,4,7-13H2. The average Bonchev–Trinajstić information content (AvgIpc) is 3.02. The summed E-state index contributed by atoms with van der Waals surface area (Å²) in [7, 11) is 0. The van der Waals surface area contributed by atoms with E-state index in [0.29, 0.717) is 0 Å². The largest absolute Gasteiger partial charge is 0.343 e. The zero-order chi connectivity index (χ0) is 14.5. The van der Waals surface area contributed by atoms with Crippen molar-refractivity contribution in [2.24, 2.45) is 0 Å². The minimum absolute atomic E-state index is 0.789. The van der Waals surface area contributed by atoms with Gasteiger partial charge in [-0.25, -0.2) is 0 Å². The number of thioether (sulfide) groups is 2. The highest BCUT2D eigenvalue weighted by Crippen LogP contribution is 2.29. The molecule has 2 fully saturated rings. The van der Waals surface area contributed by atoms with E-state index in [9.17, 15) is 0 Å². The van der Waals surface area contributed by atoms with E-state index in [1.807, 2.05) is 11.8 Å². The van der Waals surface area contributed by atoms with Gasteiger partial charge in [0.15, 0.2) is 0 Å². The summed E-state index contributed by atoms with van der Waals surface area (Å²) in [4.78, 5) is 4.94. The van der Waals surface area contributed by atoms with Gasteiger partial charge in [-0.2, -0.15) is 11.8 Å². The van der Waals surface area contributed by atoms with Gasteiger partial charge in [-0.1, -0.05) is 54.3 Å². The molecule has 2 nitrogen and oxygen atoms in total. The molecule has 3 rings (SSSR count). The number of benzene rings is 1. The highest BCUT2D eigenvalue weighted by atomic mass is 32.2. The first-order valence-corrected chi connectivity index (χ1v) is 10.0.